The minimum atomic E-state index is -0.481. The third-order valence-electron chi connectivity index (χ3n) is 5.23. The summed E-state index contributed by atoms with van der Waals surface area (Å²) in [4.78, 5) is 17.7. The van der Waals surface area contributed by atoms with Crippen LogP contribution in [0.1, 0.15) is 0 Å². The zero-order chi connectivity index (χ0) is 22.5. The lowest BCUT2D eigenvalue weighted by Gasteiger charge is -2.26. The number of hydrogen-bond acceptors (Lipinski definition) is 8. The Morgan fingerprint density at radius 3 is 2.75 bits per heavy atom. The second-order valence-electron chi connectivity index (χ2n) is 7.20. The number of nitro groups is 1. The summed E-state index contributed by atoms with van der Waals surface area (Å²) in [5.74, 6) is 0.988. The molecule has 0 atom stereocenters. The number of ether oxygens (including phenoxy) is 3. The second-order valence-corrected chi connectivity index (χ2v) is 7.61. The van der Waals surface area contributed by atoms with E-state index in [1.807, 2.05) is 0 Å². The van der Waals surface area contributed by atoms with Crippen molar-refractivity contribution < 1.29 is 19.1 Å². The molecule has 0 amide bonds. The van der Waals surface area contributed by atoms with Gasteiger partial charge in [-0.05, 0) is 18.2 Å². The number of benzene rings is 2. The fraction of sp³-hybridized carbons (Fsp3) is 0.318. The summed E-state index contributed by atoms with van der Waals surface area (Å²) in [5.41, 5.74) is 1.20. The average Bonchev–Trinajstić information content (AvgIpc) is 2.80. The number of pyridine rings is 1. The van der Waals surface area contributed by atoms with E-state index in [0.29, 0.717) is 39.7 Å². The first-order chi connectivity index (χ1) is 15.6. The smallest absolute Gasteiger partial charge is 0.311 e. The quantitative estimate of drug-likeness (QED) is 0.395. The summed E-state index contributed by atoms with van der Waals surface area (Å²) in [7, 11) is 1.53. The topological polar surface area (TPSA) is 99.0 Å². The first-order valence-corrected chi connectivity index (χ1v) is 10.5. The van der Waals surface area contributed by atoms with Crippen LogP contribution in [-0.2, 0) is 4.74 Å². The minimum Gasteiger partial charge on any atom is -0.493 e. The minimum absolute atomic E-state index is 0.166. The van der Waals surface area contributed by atoms with E-state index in [1.165, 1.54) is 13.3 Å². The van der Waals surface area contributed by atoms with Crippen molar-refractivity contribution >= 4 is 39.6 Å². The molecule has 9 nitrogen and oxygen atoms in total. The lowest BCUT2D eigenvalue weighted by Crippen LogP contribution is -2.38. The maximum Gasteiger partial charge on any atom is 0.311 e. The molecule has 168 valence electrons. The van der Waals surface area contributed by atoms with Crippen molar-refractivity contribution in [1.82, 2.24) is 9.88 Å². The van der Waals surface area contributed by atoms with Gasteiger partial charge in [0.1, 0.15) is 18.5 Å². The number of para-hydroxylation sites is 1. The molecular formula is C22H23ClN4O5. The van der Waals surface area contributed by atoms with Gasteiger partial charge in [0.15, 0.2) is 11.5 Å². The Balaban J connectivity index is 1.66. The van der Waals surface area contributed by atoms with Crippen LogP contribution in [0.3, 0.4) is 0 Å². The van der Waals surface area contributed by atoms with Crippen LogP contribution >= 0.6 is 11.6 Å². The molecule has 2 heterocycles. The van der Waals surface area contributed by atoms with Crippen molar-refractivity contribution in [2.45, 2.75) is 0 Å². The number of methoxy groups -OCH3 is 1. The molecule has 3 aromatic rings. The summed E-state index contributed by atoms with van der Waals surface area (Å²) in [6.07, 6.45) is 1.23. The molecule has 32 heavy (non-hydrogen) atoms. The zero-order valence-electron chi connectivity index (χ0n) is 17.5. The number of halogens is 1. The van der Waals surface area contributed by atoms with Gasteiger partial charge < -0.3 is 19.5 Å². The van der Waals surface area contributed by atoms with E-state index < -0.39 is 4.92 Å². The van der Waals surface area contributed by atoms with Gasteiger partial charge in [0.25, 0.3) is 0 Å². The molecule has 1 aliphatic rings. The van der Waals surface area contributed by atoms with Gasteiger partial charge in [0.2, 0.25) is 0 Å². The SMILES string of the molecule is COc1cc2c(Nc3ccccc3Cl)c([N+](=O)[O-])cnc2cc1OCCN1CCOCC1. The maximum atomic E-state index is 11.7. The third-order valence-corrected chi connectivity index (χ3v) is 5.56. The summed E-state index contributed by atoms with van der Waals surface area (Å²) in [5, 5.41) is 15.7. The Morgan fingerprint density at radius 2 is 2.03 bits per heavy atom. The van der Waals surface area contributed by atoms with E-state index in [0.717, 1.165) is 32.8 Å². The van der Waals surface area contributed by atoms with Crippen LogP contribution in [0.5, 0.6) is 11.5 Å². The zero-order valence-corrected chi connectivity index (χ0v) is 18.3. The Hall–Kier alpha value is -3.14. The molecule has 1 N–H and O–H groups in total. The highest BCUT2D eigenvalue weighted by Gasteiger charge is 2.21. The number of morpholine rings is 1. The van der Waals surface area contributed by atoms with Crippen molar-refractivity contribution in [2.24, 2.45) is 0 Å². The van der Waals surface area contributed by atoms with Gasteiger partial charge in [-0.2, -0.15) is 0 Å². The van der Waals surface area contributed by atoms with Crippen LogP contribution < -0.4 is 14.8 Å². The van der Waals surface area contributed by atoms with Crippen molar-refractivity contribution in [3.05, 3.63) is 57.7 Å². The molecule has 1 aliphatic heterocycles. The number of anilines is 2. The summed E-state index contributed by atoms with van der Waals surface area (Å²) < 4.78 is 16.8. The van der Waals surface area contributed by atoms with Gasteiger partial charge in [0.05, 0.1) is 41.5 Å². The Bertz CT molecular complexity index is 1120. The predicted octanol–water partition coefficient (Wildman–Crippen LogP) is 4.26. The molecule has 2 aromatic carbocycles. The van der Waals surface area contributed by atoms with E-state index in [4.69, 9.17) is 25.8 Å². The van der Waals surface area contributed by atoms with Gasteiger partial charge in [0, 0.05) is 31.1 Å². The van der Waals surface area contributed by atoms with Crippen molar-refractivity contribution in [3.63, 3.8) is 0 Å². The molecule has 0 bridgehead atoms. The number of nitrogens with zero attached hydrogens (tertiary/aromatic N) is 3. The van der Waals surface area contributed by atoms with Crippen LogP contribution in [0.25, 0.3) is 10.9 Å². The fourth-order valence-electron chi connectivity index (χ4n) is 3.54. The maximum absolute atomic E-state index is 11.7. The molecule has 0 aliphatic carbocycles. The van der Waals surface area contributed by atoms with Crippen molar-refractivity contribution in [1.29, 1.82) is 0 Å². The van der Waals surface area contributed by atoms with Crippen LogP contribution in [0.15, 0.2) is 42.6 Å². The summed E-state index contributed by atoms with van der Waals surface area (Å²) in [6, 6.07) is 10.5. The van der Waals surface area contributed by atoms with Crippen molar-refractivity contribution in [3.8, 4) is 11.5 Å². The van der Waals surface area contributed by atoms with E-state index >= 15 is 0 Å². The first-order valence-electron chi connectivity index (χ1n) is 10.2. The highest BCUT2D eigenvalue weighted by Crippen LogP contribution is 2.40. The van der Waals surface area contributed by atoms with Crippen molar-refractivity contribution in [2.75, 3.05) is 51.9 Å². The molecule has 0 saturated carbocycles. The van der Waals surface area contributed by atoms with Gasteiger partial charge in [-0.25, -0.2) is 4.98 Å². The monoisotopic (exact) mass is 458 g/mol. The second kappa shape index (κ2) is 9.99. The Labute approximate surface area is 190 Å². The molecule has 1 saturated heterocycles. The number of rotatable bonds is 8. The number of nitrogens with one attached hydrogen (secondary N) is 1. The average molecular weight is 459 g/mol. The van der Waals surface area contributed by atoms with Crippen LogP contribution in [-0.4, -0.2) is 61.4 Å². The molecule has 0 unspecified atom stereocenters. The predicted molar refractivity (Wildman–Crippen MR) is 122 cm³/mol. The molecule has 0 radical (unpaired) electrons. The van der Waals surface area contributed by atoms with Gasteiger partial charge in [-0.1, -0.05) is 23.7 Å². The fourth-order valence-corrected chi connectivity index (χ4v) is 3.72. The highest BCUT2D eigenvalue weighted by molar-refractivity contribution is 6.33. The van der Waals surface area contributed by atoms with Crippen LogP contribution in [0.4, 0.5) is 17.1 Å². The number of hydrogen-bond donors (Lipinski definition) is 1. The van der Waals surface area contributed by atoms with E-state index in [1.54, 1.807) is 36.4 Å². The summed E-state index contributed by atoms with van der Waals surface area (Å²) >= 11 is 6.26. The normalized spacial score (nSPS) is 14.3. The van der Waals surface area contributed by atoms with E-state index in [-0.39, 0.29) is 11.4 Å². The lowest BCUT2D eigenvalue weighted by atomic mass is 10.1. The van der Waals surface area contributed by atoms with E-state index in [2.05, 4.69) is 15.2 Å². The molecule has 0 spiro atoms. The standard InChI is InChI=1S/C22H23ClN4O5/c1-30-20-12-15-18(13-21(20)32-11-8-26-6-9-31-10-7-26)24-14-19(27(28)29)22(15)25-17-5-3-2-4-16(17)23/h2-5,12-14H,6-11H2,1H3,(H,24,25). The van der Waals surface area contributed by atoms with Gasteiger partial charge in [-0.15, -0.1) is 0 Å². The number of aromatic nitrogens is 1. The molecule has 10 heteroatoms. The molecule has 1 aromatic heterocycles. The number of fused-ring (bicyclic) bond motifs is 1. The largest absolute Gasteiger partial charge is 0.493 e. The Kier molecular flexibility index (Phi) is 6.89. The lowest BCUT2D eigenvalue weighted by molar-refractivity contribution is -0.384. The van der Waals surface area contributed by atoms with Gasteiger partial charge in [-0.3, -0.25) is 15.0 Å². The first kappa shape index (κ1) is 22.1. The molecule has 1 fully saturated rings. The van der Waals surface area contributed by atoms with Crippen LogP contribution in [0.2, 0.25) is 5.02 Å². The molecule has 4 rings (SSSR count). The van der Waals surface area contributed by atoms with Crippen LogP contribution in [0, 0.1) is 10.1 Å². The Morgan fingerprint density at radius 1 is 1.25 bits per heavy atom. The highest BCUT2D eigenvalue weighted by atomic mass is 35.5. The third kappa shape index (κ3) is 4.85. The van der Waals surface area contributed by atoms with Gasteiger partial charge >= 0.3 is 5.69 Å². The summed E-state index contributed by atoms with van der Waals surface area (Å²) in [6.45, 7) is 4.44. The molecular weight excluding hydrogens is 436 g/mol. The van der Waals surface area contributed by atoms with E-state index in [9.17, 15) is 10.1 Å².